The average molecular weight is 231 g/mol. The molecule has 90 valence electrons. The van der Waals surface area contributed by atoms with Crippen LogP contribution in [0.25, 0.3) is 0 Å². The van der Waals surface area contributed by atoms with Gasteiger partial charge in [0.25, 0.3) is 5.91 Å². The number of hydrazone groups is 1. The zero-order valence-electron chi connectivity index (χ0n) is 9.97. The molecule has 0 radical (unpaired) electrons. The maximum absolute atomic E-state index is 12.1. The van der Waals surface area contributed by atoms with Gasteiger partial charge in [-0.2, -0.15) is 5.10 Å². The van der Waals surface area contributed by atoms with Crippen molar-refractivity contribution in [2.24, 2.45) is 16.8 Å². The van der Waals surface area contributed by atoms with Crippen LogP contribution >= 0.6 is 0 Å². The second kappa shape index (κ2) is 5.10. The SMILES string of the molecule is CC1=NN(Cc2ccccc2)C(=O)C1CCN. The first-order valence-corrected chi connectivity index (χ1v) is 5.83. The summed E-state index contributed by atoms with van der Waals surface area (Å²) in [6, 6.07) is 9.87. The van der Waals surface area contributed by atoms with E-state index in [9.17, 15) is 4.79 Å². The Labute approximate surface area is 101 Å². The monoisotopic (exact) mass is 231 g/mol. The van der Waals surface area contributed by atoms with E-state index in [4.69, 9.17) is 5.73 Å². The number of hydrogen-bond donors (Lipinski definition) is 1. The molecule has 1 atom stereocenters. The van der Waals surface area contributed by atoms with Gasteiger partial charge in [0, 0.05) is 5.71 Å². The third kappa shape index (κ3) is 2.53. The van der Waals surface area contributed by atoms with Gasteiger partial charge < -0.3 is 5.73 Å². The highest BCUT2D eigenvalue weighted by atomic mass is 16.2. The number of nitrogens with two attached hydrogens (primary N) is 1. The molecular formula is C13H17N3O. The molecule has 0 aliphatic carbocycles. The molecule has 1 aliphatic heterocycles. The fourth-order valence-electron chi connectivity index (χ4n) is 2.04. The number of hydrogen-bond acceptors (Lipinski definition) is 3. The van der Waals surface area contributed by atoms with Crippen LogP contribution in [0.4, 0.5) is 0 Å². The molecule has 0 saturated heterocycles. The first-order chi connectivity index (χ1) is 8.22. The molecule has 17 heavy (non-hydrogen) atoms. The zero-order chi connectivity index (χ0) is 12.3. The Morgan fingerprint density at radius 2 is 2.06 bits per heavy atom. The van der Waals surface area contributed by atoms with Gasteiger partial charge in [-0.25, -0.2) is 5.01 Å². The molecule has 1 unspecified atom stereocenters. The lowest BCUT2D eigenvalue weighted by molar-refractivity contribution is -0.132. The molecule has 0 saturated carbocycles. The van der Waals surface area contributed by atoms with Crippen molar-refractivity contribution in [2.45, 2.75) is 19.9 Å². The van der Waals surface area contributed by atoms with Crippen LogP contribution in [0, 0.1) is 5.92 Å². The summed E-state index contributed by atoms with van der Waals surface area (Å²) in [7, 11) is 0. The van der Waals surface area contributed by atoms with Crippen molar-refractivity contribution in [3.8, 4) is 0 Å². The third-order valence-electron chi connectivity index (χ3n) is 2.97. The molecule has 0 spiro atoms. The van der Waals surface area contributed by atoms with Crippen molar-refractivity contribution < 1.29 is 4.79 Å². The Balaban J connectivity index is 2.07. The van der Waals surface area contributed by atoms with E-state index in [0.717, 1.165) is 11.3 Å². The van der Waals surface area contributed by atoms with Crippen molar-refractivity contribution in [1.82, 2.24) is 5.01 Å². The van der Waals surface area contributed by atoms with E-state index in [2.05, 4.69) is 5.10 Å². The predicted octanol–water partition coefficient (Wildman–Crippen LogP) is 1.37. The van der Waals surface area contributed by atoms with Crippen molar-refractivity contribution in [3.05, 3.63) is 35.9 Å². The molecule has 0 bridgehead atoms. The molecule has 0 aromatic heterocycles. The van der Waals surface area contributed by atoms with Crippen molar-refractivity contribution in [2.75, 3.05) is 6.54 Å². The standard InChI is InChI=1S/C13H17N3O/c1-10-12(7-8-14)13(17)16(15-10)9-11-5-3-2-4-6-11/h2-6,12H,7-9,14H2,1H3. The molecule has 1 aliphatic rings. The smallest absolute Gasteiger partial charge is 0.251 e. The second-order valence-corrected chi connectivity index (χ2v) is 4.25. The minimum atomic E-state index is -0.122. The van der Waals surface area contributed by atoms with Crippen molar-refractivity contribution in [3.63, 3.8) is 0 Å². The van der Waals surface area contributed by atoms with Crippen molar-refractivity contribution >= 4 is 11.6 Å². The first-order valence-electron chi connectivity index (χ1n) is 5.83. The van der Waals surface area contributed by atoms with Crippen LogP contribution in [0.2, 0.25) is 0 Å². The number of benzene rings is 1. The number of rotatable bonds is 4. The molecule has 1 amide bonds. The largest absolute Gasteiger partial charge is 0.330 e. The van der Waals surface area contributed by atoms with Crippen LogP contribution < -0.4 is 5.73 Å². The van der Waals surface area contributed by atoms with E-state index in [1.54, 1.807) is 5.01 Å². The first kappa shape index (κ1) is 11.8. The fraction of sp³-hybridized carbons (Fsp3) is 0.385. The Kier molecular flexibility index (Phi) is 3.54. The summed E-state index contributed by atoms with van der Waals surface area (Å²) in [6.45, 7) is 2.95. The summed E-state index contributed by atoms with van der Waals surface area (Å²) in [5.74, 6) is -0.0551. The zero-order valence-corrected chi connectivity index (χ0v) is 9.97. The van der Waals surface area contributed by atoms with E-state index in [0.29, 0.717) is 19.5 Å². The molecule has 0 fully saturated rings. The predicted molar refractivity (Wildman–Crippen MR) is 67.3 cm³/mol. The highest BCUT2D eigenvalue weighted by molar-refractivity contribution is 6.06. The molecule has 2 rings (SSSR count). The summed E-state index contributed by atoms with van der Waals surface area (Å²) in [5.41, 5.74) is 7.47. The molecule has 2 N–H and O–H groups in total. The van der Waals surface area contributed by atoms with E-state index >= 15 is 0 Å². The van der Waals surface area contributed by atoms with Crippen molar-refractivity contribution in [1.29, 1.82) is 0 Å². The Morgan fingerprint density at radius 3 is 2.71 bits per heavy atom. The number of amides is 1. The molecule has 1 aromatic rings. The van der Waals surface area contributed by atoms with Gasteiger partial charge in [0.15, 0.2) is 0 Å². The maximum atomic E-state index is 12.1. The van der Waals surface area contributed by atoms with Crippen LogP contribution in [-0.4, -0.2) is 23.2 Å². The van der Waals surface area contributed by atoms with Gasteiger partial charge in [0.2, 0.25) is 0 Å². The molecule has 4 nitrogen and oxygen atoms in total. The normalized spacial score (nSPS) is 19.6. The van der Waals surface area contributed by atoms with Gasteiger partial charge >= 0.3 is 0 Å². The highest BCUT2D eigenvalue weighted by Crippen LogP contribution is 2.20. The molecule has 1 heterocycles. The second-order valence-electron chi connectivity index (χ2n) is 4.25. The highest BCUT2D eigenvalue weighted by Gasteiger charge is 2.32. The van der Waals surface area contributed by atoms with Crippen LogP contribution in [0.3, 0.4) is 0 Å². The minimum Gasteiger partial charge on any atom is -0.330 e. The minimum absolute atomic E-state index is 0.0665. The quantitative estimate of drug-likeness (QED) is 0.850. The molecule has 4 heteroatoms. The van der Waals surface area contributed by atoms with Gasteiger partial charge in [-0.05, 0) is 25.5 Å². The lowest BCUT2D eigenvalue weighted by Crippen LogP contribution is -2.28. The Morgan fingerprint density at radius 1 is 1.35 bits per heavy atom. The summed E-state index contributed by atoms with van der Waals surface area (Å²) in [6.07, 6.45) is 0.680. The lowest BCUT2D eigenvalue weighted by Gasteiger charge is -2.13. The van der Waals surface area contributed by atoms with Gasteiger partial charge in [-0.15, -0.1) is 0 Å². The number of carbonyl (C=O) groups is 1. The number of carbonyl (C=O) groups excluding carboxylic acids is 1. The van der Waals surface area contributed by atoms with Gasteiger partial charge in [0.1, 0.15) is 0 Å². The van der Waals surface area contributed by atoms with E-state index in [-0.39, 0.29) is 11.8 Å². The third-order valence-corrected chi connectivity index (χ3v) is 2.97. The summed E-state index contributed by atoms with van der Waals surface area (Å²) >= 11 is 0. The van der Waals surface area contributed by atoms with Gasteiger partial charge in [0.05, 0.1) is 12.5 Å². The lowest BCUT2D eigenvalue weighted by atomic mass is 10.0. The van der Waals surface area contributed by atoms with Gasteiger partial charge in [-0.3, -0.25) is 4.79 Å². The van der Waals surface area contributed by atoms with E-state index in [1.165, 1.54) is 0 Å². The summed E-state index contributed by atoms with van der Waals surface area (Å²) < 4.78 is 0. The Bertz CT molecular complexity index is 428. The molecular weight excluding hydrogens is 214 g/mol. The maximum Gasteiger partial charge on any atom is 0.251 e. The average Bonchev–Trinajstić information content (AvgIpc) is 2.59. The Hall–Kier alpha value is -1.68. The number of nitrogens with zero attached hydrogens (tertiary/aromatic N) is 2. The fourth-order valence-corrected chi connectivity index (χ4v) is 2.04. The van der Waals surface area contributed by atoms with Crippen LogP contribution in [0.1, 0.15) is 18.9 Å². The van der Waals surface area contributed by atoms with Crippen LogP contribution in [0.5, 0.6) is 0 Å². The molecule has 1 aromatic carbocycles. The topological polar surface area (TPSA) is 58.7 Å². The van der Waals surface area contributed by atoms with Crippen LogP contribution in [0.15, 0.2) is 35.4 Å². The summed E-state index contributed by atoms with van der Waals surface area (Å²) in [4.78, 5) is 12.1. The van der Waals surface area contributed by atoms with Gasteiger partial charge in [-0.1, -0.05) is 30.3 Å². The van der Waals surface area contributed by atoms with E-state index in [1.807, 2.05) is 37.3 Å². The van der Waals surface area contributed by atoms with Crippen LogP contribution in [-0.2, 0) is 11.3 Å². The summed E-state index contributed by atoms with van der Waals surface area (Å²) in [5, 5.41) is 5.86. The van der Waals surface area contributed by atoms with E-state index < -0.39 is 0 Å².